The Morgan fingerprint density at radius 2 is 1.59 bits per heavy atom. The zero-order valence-electron chi connectivity index (χ0n) is 16.8. The van der Waals surface area contributed by atoms with Crippen molar-refractivity contribution in [3.63, 3.8) is 0 Å². The van der Waals surface area contributed by atoms with Crippen LogP contribution in [0.25, 0.3) is 0 Å². The highest BCUT2D eigenvalue weighted by Gasteiger charge is 2.21. The van der Waals surface area contributed by atoms with Crippen molar-refractivity contribution in [2.45, 2.75) is 39.2 Å². The van der Waals surface area contributed by atoms with Crippen LogP contribution in [0.15, 0.2) is 36.4 Å². The third kappa shape index (κ3) is 5.34. The van der Waals surface area contributed by atoms with Gasteiger partial charge in [0.05, 0.1) is 7.11 Å². The van der Waals surface area contributed by atoms with Crippen molar-refractivity contribution in [2.24, 2.45) is 0 Å². The second kappa shape index (κ2) is 8.77. The van der Waals surface area contributed by atoms with E-state index in [1.165, 1.54) is 25.0 Å². The largest absolute Gasteiger partial charge is 0.497 e. The summed E-state index contributed by atoms with van der Waals surface area (Å²) in [5.41, 5.74) is 3.73. The minimum atomic E-state index is -0.254. The molecule has 0 aliphatic heterocycles. The van der Waals surface area contributed by atoms with Gasteiger partial charge in [0.25, 0.3) is 5.91 Å². The molecule has 1 unspecified atom stereocenters. The van der Waals surface area contributed by atoms with Crippen molar-refractivity contribution in [3.8, 4) is 5.75 Å². The molecule has 2 aromatic carbocycles. The molecule has 0 saturated heterocycles. The number of rotatable bonds is 5. The number of carbonyl (C=O) groups excluding carboxylic acids is 3. The van der Waals surface area contributed by atoms with E-state index < -0.39 is 0 Å². The maximum Gasteiger partial charge on any atom is 0.251 e. The summed E-state index contributed by atoms with van der Waals surface area (Å²) in [6, 6.07) is 10.8. The van der Waals surface area contributed by atoms with Crippen LogP contribution in [0.4, 0.5) is 11.4 Å². The molecular formula is C22H25N3O4. The predicted octanol–water partition coefficient (Wildman–Crippen LogP) is 2.90. The van der Waals surface area contributed by atoms with Crippen LogP contribution in [-0.2, 0) is 22.4 Å². The number of anilines is 2. The van der Waals surface area contributed by atoms with Crippen LogP contribution in [0.5, 0.6) is 5.75 Å². The highest BCUT2D eigenvalue weighted by Crippen LogP contribution is 2.26. The summed E-state index contributed by atoms with van der Waals surface area (Å²) >= 11 is 0. The third-order valence-electron chi connectivity index (χ3n) is 4.81. The van der Waals surface area contributed by atoms with Gasteiger partial charge in [-0.05, 0) is 60.7 Å². The number of fused-ring (bicyclic) bond motifs is 1. The fraction of sp³-hybridized carbons (Fsp3) is 0.318. The Bertz CT molecular complexity index is 921. The van der Waals surface area contributed by atoms with Gasteiger partial charge in [0, 0.05) is 36.8 Å². The average molecular weight is 395 g/mol. The Hall–Kier alpha value is -3.35. The standard InChI is InChI=1S/C22H25N3O4/c1-13(26)23-19-9-17(10-20(12-19)24-14(2)27)22(28)25-18-6-4-16-11-21(29-3)7-5-15(16)8-18/h5,7,9-12,18H,4,6,8H2,1-3H3,(H,23,26)(H,24,27)(H,25,28). The number of methoxy groups -OCH3 is 1. The number of nitrogens with one attached hydrogen (secondary N) is 3. The van der Waals surface area contributed by atoms with Crippen molar-refractivity contribution in [1.29, 1.82) is 0 Å². The molecule has 3 rings (SSSR count). The van der Waals surface area contributed by atoms with E-state index in [1.54, 1.807) is 25.3 Å². The SMILES string of the molecule is COc1ccc2c(c1)CCC(NC(=O)c1cc(NC(C)=O)cc(NC(C)=O)c1)C2. The van der Waals surface area contributed by atoms with E-state index in [2.05, 4.69) is 16.0 Å². The van der Waals surface area contributed by atoms with Crippen molar-refractivity contribution in [2.75, 3.05) is 17.7 Å². The van der Waals surface area contributed by atoms with E-state index in [0.717, 1.165) is 25.0 Å². The monoisotopic (exact) mass is 395 g/mol. The zero-order valence-corrected chi connectivity index (χ0v) is 16.8. The molecular weight excluding hydrogens is 370 g/mol. The number of ether oxygens (including phenoxy) is 1. The Kier molecular flexibility index (Phi) is 6.16. The van der Waals surface area contributed by atoms with E-state index in [-0.39, 0.29) is 23.8 Å². The van der Waals surface area contributed by atoms with E-state index >= 15 is 0 Å². The Morgan fingerprint density at radius 1 is 0.931 bits per heavy atom. The lowest BCUT2D eigenvalue weighted by Crippen LogP contribution is -2.38. The molecule has 0 radical (unpaired) electrons. The molecule has 3 amide bonds. The molecule has 1 aliphatic rings. The number of hydrogen-bond donors (Lipinski definition) is 3. The summed E-state index contributed by atoms with van der Waals surface area (Å²) in [5, 5.41) is 8.39. The van der Waals surface area contributed by atoms with Crippen molar-refractivity contribution in [3.05, 3.63) is 53.1 Å². The number of amides is 3. The van der Waals surface area contributed by atoms with Gasteiger partial charge in [-0.3, -0.25) is 14.4 Å². The fourth-order valence-electron chi connectivity index (χ4n) is 3.56. The van der Waals surface area contributed by atoms with E-state index in [1.807, 2.05) is 18.2 Å². The van der Waals surface area contributed by atoms with Crippen LogP contribution < -0.4 is 20.7 Å². The molecule has 2 aromatic rings. The van der Waals surface area contributed by atoms with Crippen LogP contribution in [0, 0.1) is 0 Å². The third-order valence-corrected chi connectivity index (χ3v) is 4.81. The highest BCUT2D eigenvalue weighted by molar-refractivity contribution is 6.00. The first-order chi connectivity index (χ1) is 13.8. The predicted molar refractivity (Wildman–Crippen MR) is 111 cm³/mol. The van der Waals surface area contributed by atoms with Crippen LogP contribution >= 0.6 is 0 Å². The van der Waals surface area contributed by atoms with E-state index in [9.17, 15) is 14.4 Å². The second-order valence-corrected chi connectivity index (χ2v) is 7.21. The van der Waals surface area contributed by atoms with Gasteiger partial charge in [0.15, 0.2) is 0 Å². The summed E-state index contributed by atoms with van der Waals surface area (Å²) in [6.07, 6.45) is 2.44. The quantitative estimate of drug-likeness (QED) is 0.725. The summed E-state index contributed by atoms with van der Waals surface area (Å²) in [6.45, 7) is 2.78. The van der Waals surface area contributed by atoms with Gasteiger partial charge in [0.2, 0.25) is 11.8 Å². The molecule has 1 aliphatic carbocycles. The minimum Gasteiger partial charge on any atom is -0.497 e. The molecule has 0 heterocycles. The maximum atomic E-state index is 12.8. The maximum absolute atomic E-state index is 12.8. The first-order valence-corrected chi connectivity index (χ1v) is 9.51. The molecule has 0 spiro atoms. The Labute approximate surface area is 169 Å². The smallest absolute Gasteiger partial charge is 0.251 e. The molecule has 29 heavy (non-hydrogen) atoms. The topological polar surface area (TPSA) is 96.5 Å². The lowest BCUT2D eigenvalue weighted by molar-refractivity contribution is -0.115. The zero-order chi connectivity index (χ0) is 21.0. The van der Waals surface area contributed by atoms with Gasteiger partial charge >= 0.3 is 0 Å². The number of hydrogen-bond acceptors (Lipinski definition) is 4. The molecule has 0 saturated carbocycles. The lowest BCUT2D eigenvalue weighted by Gasteiger charge is -2.26. The fourth-order valence-corrected chi connectivity index (χ4v) is 3.56. The lowest BCUT2D eigenvalue weighted by atomic mass is 9.88. The van der Waals surface area contributed by atoms with E-state index in [4.69, 9.17) is 4.74 Å². The van der Waals surface area contributed by atoms with Crippen LogP contribution in [-0.4, -0.2) is 30.9 Å². The molecule has 7 heteroatoms. The molecule has 7 nitrogen and oxygen atoms in total. The van der Waals surface area contributed by atoms with Gasteiger partial charge in [0.1, 0.15) is 5.75 Å². The summed E-state index contributed by atoms with van der Waals surface area (Å²) < 4.78 is 5.28. The highest BCUT2D eigenvalue weighted by atomic mass is 16.5. The van der Waals surface area contributed by atoms with Crippen LogP contribution in [0.2, 0.25) is 0 Å². The van der Waals surface area contributed by atoms with Crippen LogP contribution in [0.1, 0.15) is 41.8 Å². The second-order valence-electron chi connectivity index (χ2n) is 7.21. The summed E-state index contributed by atoms with van der Waals surface area (Å²) in [7, 11) is 1.65. The van der Waals surface area contributed by atoms with Gasteiger partial charge < -0.3 is 20.7 Å². The van der Waals surface area contributed by atoms with Crippen molar-refractivity contribution >= 4 is 29.1 Å². The van der Waals surface area contributed by atoms with Gasteiger partial charge in [-0.2, -0.15) is 0 Å². The normalized spacial score (nSPS) is 15.1. The Balaban J connectivity index is 1.75. The van der Waals surface area contributed by atoms with Crippen molar-refractivity contribution in [1.82, 2.24) is 5.32 Å². The molecule has 0 fully saturated rings. The van der Waals surface area contributed by atoms with E-state index in [0.29, 0.717) is 16.9 Å². The summed E-state index contributed by atoms with van der Waals surface area (Å²) in [4.78, 5) is 35.6. The van der Waals surface area contributed by atoms with Gasteiger partial charge in [-0.1, -0.05) is 6.07 Å². The molecule has 152 valence electrons. The van der Waals surface area contributed by atoms with Crippen LogP contribution in [0.3, 0.4) is 0 Å². The summed E-state index contributed by atoms with van der Waals surface area (Å²) in [5.74, 6) is 0.0867. The van der Waals surface area contributed by atoms with Gasteiger partial charge in [-0.15, -0.1) is 0 Å². The minimum absolute atomic E-state index is 0.0111. The Morgan fingerprint density at radius 3 is 2.17 bits per heavy atom. The number of benzene rings is 2. The molecule has 1 atom stereocenters. The molecule has 0 bridgehead atoms. The molecule has 3 N–H and O–H groups in total. The number of carbonyl (C=O) groups is 3. The molecule has 0 aromatic heterocycles. The first kappa shape index (κ1) is 20.4. The number of aryl methyl sites for hydroxylation is 1. The van der Waals surface area contributed by atoms with Gasteiger partial charge in [-0.25, -0.2) is 0 Å². The first-order valence-electron chi connectivity index (χ1n) is 9.51. The van der Waals surface area contributed by atoms with Crippen molar-refractivity contribution < 1.29 is 19.1 Å². The average Bonchev–Trinajstić information content (AvgIpc) is 2.66.